The lowest BCUT2D eigenvalue weighted by atomic mass is 10.1. The first kappa shape index (κ1) is 20.2. The van der Waals surface area contributed by atoms with Gasteiger partial charge in [0.15, 0.2) is 11.5 Å². The number of H-pyrrole nitrogens is 1. The number of carboxylic acids is 1. The van der Waals surface area contributed by atoms with Crippen LogP contribution in [0.1, 0.15) is 21.6 Å². The highest BCUT2D eigenvalue weighted by Gasteiger charge is 2.19. The first-order valence-corrected chi connectivity index (χ1v) is 8.23. The molecule has 1 heterocycles. The van der Waals surface area contributed by atoms with E-state index in [1.54, 1.807) is 31.1 Å². The first-order valence-electron chi connectivity index (χ1n) is 8.23. The molecule has 0 saturated carbocycles. The molecule has 1 aromatic carbocycles. The largest absolute Gasteiger partial charge is 0.493 e. The summed E-state index contributed by atoms with van der Waals surface area (Å²) in [6.07, 6.45) is 0.386. The van der Waals surface area contributed by atoms with E-state index in [0.29, 0.717) is 17.9 Å². The number of aromatic amines is 1. The van der Waals surface area contributed by atoms with Crippen LogP contribution < -0.4 is 20.7 Å². The number of aromatic nitrogens is 2. The van der Waals surface area contributed by atoms with Crippen LogP contribution in [0.3, 0.4) is 0 Å². The normalized spacial score (nSPS) is 10.9. The lowest BCUT2D eigenvalue weighted by Gasteiger charge is -2.14. The number of nitrogens with one attached hydrogen (secondary N) is 1. The van der Waals surface area contributed by atoms with Crippen molar-refractivity contribution in [3.63, 3.8) is 0 Å². The number of methoxy groups -OCH3 is 2. The average Bonchev–Trinajstić information content (AvgIpc) is 2.62. The van der Waals surface area contributed by atoms with Crippen LogP contribution in [-0.4, -0.2) is 53.8 Å². The van der Waals surface area contributed by atoms with E-state index in [0.717, 1.165) is 10.1 Å². The topological polar surface area (TPSA) is 114 Å². The van der Waals surface area contributed by atoms with Crippen LogP contribution in [0.25, 0.3) is 0 Å². The van der Waals surface area contributed by atoms with Crippen LogP contribution in [0.15, 0.2) is 27.8 Å². The molecule has 2 aromatic rings. The SMILES string of the molecule is COc1ccc(CCn2c(=O)[nH]c(C(=O)O)c(CN(C)C)c2=O)cc1OC. The zero-order valence-electron chi connectivity index (χ0n) is 15.7. The minimum Gasteiger partial charge on any atom is -0.493 e. The van der Waals surface area contributed by atoms with Gasteiger partial charge in [-0.05, 0) is 38.2 Å². The van der Waals surface area contributed by atoms with Gasteiger partial charge in [-0.15, -0.1) is 0 Å². The number of carboxylic acid groups (broad SMARTS) is 1. The summed E-state index contributed by atoms with van der Waals surface area (Å²) in [4.78, 5) is 40.3. The van der Waals surface area contributed by atoms with Crippen molar-refractivity contribution in [2.24, 2.45) is 0 Å². The van der Waals surface area contributed by atoms with Gasteiger partial charge < -0.3 is 24.5 Å². The van der Waals surface area contributed by atoms with Crippen molar-refractivity contribution in [3.8, 4) is 11.5 Å². The number of hydrogen-bond donors (Lipinski definition) is 2. The fourth-order valence-electron chi connectivity index (χ4n) is 2.74. The van der Waals surface area contributed by atoms with Crippen molar-refractivity contribution in [2.45, 2.75) is 19.5 Å². The minimum absolute atomic E-state index is 0.0411. The summed E-state index contributed by atoms with van der Waals surface area (Å²) in [6, 6.07) is 5.32. The maximum atomic E-state index is 12.7. The summed E-state index contributed by atoms with van der Waals surface area (Å²) in [7, 11) is 6.48. The highest BCUT2D eigenvalue weighted by molar-refractivity contribution is 5.86. The van der Waals surface area contributed by atoms with E-state index in [2.05, 4.69) is 4.98 Å². The van der Waals surface area contributed by atoms with E-state index in [4.69, 9.17) is 9.47 Å². The maximum Gasteiger partial charge on any atom is 0.352 e. The Morgan fingerprint density at radius 3 is 2.41 bits per heavy atom. The van der Waals surface area contributed by atoms with Gasteiger partial charge in [0.1, 0.15) is 5.69 Å². The molecule has 0 bridgehead atoms. The van der Waals surface area contributed by atoms with Gasteiger partial charge in [0.05, 0.1) is 19.8 Å². The van der Waals surface area contributed by atoms with Gasteiger partial charge in [-0.25, -0.2) is 9.59 Å². The third-order valence-electron chi connectivity index (χ3n) is 4.04. The van der Waals surface area contributed by atoms with Crippen LogP contribution in [0, 0.1) is 0 Å². The Bertz CT molecular complexity index is 945. The van der Waals surface area contributed by atoms with Crippen LogP contribution >= 0.6 is 0 Å². The molecule has 0 saturated heterocycles. The first-order chi connectivity index (χ1) is 12.8. The summed E-state index contributed by atoms with van der Waals surface area (Å²) in [5, 5.41) is 9.27. The van der Waals surface area contributed by atoms with Crippen LogP contribution in [0.4, 0.5) is 0 Å². The number of benzene rings is 1. The molecule has 0 atom stereocenters. The summed E-state index contributed by atoms with van der Waals surface area (Å²) >= 11 is 0. The molecular weight excluding hydrogens is 354 g/mol. The number of rotatable bonds is 8. The van der Waals surface area contributed by atoms with Gasteiger partial charge >= 0.3 is 11.7 Å². The molecule has 0 fully saturated rings. The summed E-state index contributed by atoms with van der Waals surface area (Å²) in [6.45, 7) is 0.206. The van der Waals surface area contributed by atoms with E-state index < -0.39 is 17.2 Å². The quantitative estimate of drug-likeness (QED) is 0.691. The predicted octanol–water partition coefficient (Wildman–Crippen LogP) is 0.556. The van der Waals surface area contributed by atoms with E-state index in [1.165, 1.54) is 14.2 Å². The Labute approximate surface area is 155 Å². The zero-order valence-corrected chi connectivity index (χ0v) is 15.7. The van der Waals surface area contributed by atoms with Gasteiger partial charge in [-0.3, -0.25) is 9.36 Å². The smallest absolute Gasteiger partial charge is 0.352 e. The molecule has 146 valence electrons. The summed E-state index contributed by atoms with van der Waals surface area (Å²) < 4.78 is 11.4. The second kappa shape index (κ2) is 8.54. The lowest BCUT2D eigenvalue weighted by Crippen LogP contribution is -2.41. The van der Waals surface area contributed by atoms with Crippen molar-refractivity contribution < 1.29 is 19.4 Å². The fourth-order valence-corrected chi connectivity index (χ4v) is 2.74. The van der Waals surface area contributed by atoms with E-state index >= 15 is 0 Å². The Balaban J connectivity index is 2.38. The van der Waals surface area contributed by atoms with Gasteiger partial charge in [0, 0.05) is 13.1 Å². The van der Waals surface area contributed by atoms with Gasteiger partial charge in [-0.2, -0.15) is 0 Å². The van der Waals surface area contributed by atoms with E-state index in [9.17, 15) is 19.5 Å². The molecule has 27 heavy (non-hydrogen) atoms. The highest BCUT2D eigenvalue weighted by Crippen LogP contribution is 2.27. The molecule has 0 aliphatic rings. The predicted molar refractivity (Wildman–Crippen MR) is 98.9 cm³/mol. The Morgan fingerprint density at radius 2 is 1.85 bits per heavy atom. The van der Waals surface area contributed by atoms with Crippen molar-refractivity contribution in [1.82, 2.24) is 14.5 Å². The standard InChI is InChI=1S/C18H23N3O6/c1-20(2)10-12-15(17(23)24)19-18(25)21(16(12)22)8-7-11-5-6-13(26-3)14(9-11)27-4/h5-6,9H,7-8,10H2,1-4H3,(H,19,25)(H,23,24). The number of aryl methyl sites for hydroxylation is 1. The Morgan fingerprint density at radius 1 is 1.19 bits per heavy atom. The number of aromatic carboxylic acids is 1. The monoisotopic (exact) mass is 377 g/mol. The molecule has 9 nitrogen and oxygen atoms in total. The van der Waals surface area contributed by atoms with Crippen molar-refractivity contribution >= 4 is 5.97 Å². The van der Waals surface area contributed by atoms with Crippen molar-refractivity contribution in [3.05, 3.63) is 55.9 Å². The number of ether oxygens (including phenoxy) is 2. The molecule has 2 N–H and O–H groups in total. The second-order valence-electron chi connectivity index (χ2n) is 6.22. The van der Waals surface area contributed by atoms with E-state index in [1.807, 2.05) is 6.07 Å². The molecule has 0 spiro atoms. The molecule has 1 aromatic heterocycles. The number of nitrogens with zero attached hydrogens (tertiary/aromatic N) is 2. The van der Waals surface area contributed by atoms with E-state index in [-0.39, 0.29) is 24.3 Å². The third-order valence-corrected chi connectivity index (χ3v) is 4.04. The van der Waals surface area contributed by atoms with Crippen molar-refractivity contribution in [1.29, 1.82) is 0 Å². The van der Waals surface area contributed by atoms with Crippen LogP contribution in [0.2, 0.25) is 0 Å². The van der Waals surface area contributed by atoms with Crippen LogP contribution in [0.5, 0.6) is 11.5 Å². The molecular formula is C18H23N3O6. The molecule has 0 aliphatic heterocycles. The lowest BCUT2D eigenvalue weighted by molar-refractivity contribution is 0.0687. The third kappa shape index (κ3) is 4.56. The maximum absolute atomic E-state index is 12.7. The number of hydrogen-bond acceptors (Lipinski definition) is 6. The molecule has 9 heteroatoms. The summed E-state index contributed by atoms with van der Waals surface area (Å²) in [5.41, 5.74) is -0.846. The number of carbonyl (C=O) groups is 1. The van der Waals surface area contributed by atoms with Gasteiger partial charge in [0.25, 0.3) is 5.56 Å². The summed E-state index contributed by atoms with van der Waals surface area (Å²) in [5.74, 6) is -0.214. The molecule has 0 unspecified atom stereocenters. The molecule has 0 radical (unpaired) electrons. The fraction of sp³-hybridized carbons (Fsp3) is 0.389. The average molecular weight is 377 g/mol. The second-order valence-corrected chi connectivity index (χ2v) is 6.22. The molecule has 0 aliphatic carbocycles. The molecule has 2 rings (SSSR count). The molecule has 0 amide bonds. The van der Waals surface area contributed by atoms with Crippen LogP contribution in [-0.2, 0) is 19.5 Å². The Kier molecular flexibility index (Phi) is 6.40. The van der Waals surface area contributed by atoms with Gasteiger partial charge in [0.2, 0.25) is 0 Å². The highest BCUT2D eigenvalue weighted by atomic mass is 16.5. The minimum atomic E-state index is -1.34. The zero-order chi connectivity index (χ0) is 20.1. The Hall–Kier alpha value is -3.07. The van der Waals surface area contributed by atoms with Gasteiger partial charge in [-0.1, -0.05) is 6.07 Å². The van der Waals surface area contributed by atoms with Crippen molar-refractivity contribution in [2.75, 3.05) is 28.3 Å².